The van der Waals surface area contributed by atoms with Crippen molar-refractivity contribution in [2.75, 3.05) is 24.4 Å². The number of hydrogen-bond acceptors (Lipinski definition) is 6. The predicted molar refractivity (Wildman–Crippen MR) is 112 cm³/mol. The number of carbonyl (C=O) groups excluding carboxylic acids is 2. The molecule has 4 N–H and O–H groups in total. The third-order valence-electron chi connectivity index (χ3n) is 4.46. The van der Waals surface area contributed by atoms with Gasteiger partial charge in [-0.25, -0.2) is 9.97 Å². The van der Waals surface area contributed by atoms with Crippen molar-refractivity contribution in [2.24, 2.45) is 5.73 Å². The lowest BCUT2D eigenvalue weighted by Gasteiger charge is -2.21. The largest absolute Gasteiger partial charge is 0.385 e. The lowest BCUT2D eigenvalue weighted by Crippen LogP contribution is -2.16. The summed E-state index contributed by atoms with van der Waals surface area (Å²) in [5, 5.41) is 6.92. The van der Waals surface area contributed by atoms with E-state index in [9.17, 15) is 9.59 Å². The Morgan fingerprint density at radius 1 is 1.17 bits per heavy atom. The number of benzene rings is 2. The Morgan fingerprint density at radius 2 is 1.97 bits per heavy atom. The zero-order valence-corrected chi connectivity index (χ0v) is 16.3. The third-order valence-corrected chi connectivity index (χ3v) is 4.46. The number of fused-ring (bicyclic) bond motifs is 1. The fourth-order valence-corrected chi connectivity index (χ4v) is 3.16. The molecule has 0 fully saturated rings. The SMILES string of the molecule is COCCC(Nc1ncnc2c(C(N)=O)cccc12)c1cccc(NC(C)=O)c1. The number of anilines is 2. The first kappa shape index (κ1) is 20.2. The molecule has 2 amide bonds. The predicted octanol–water partition coefficient (Wildman–Crippen LogP) is 2.88. The molecule has 2 aromatic carbocycles. The van der Waals surface area contributed by atoms with Crippen LogP contribution in [0.5, 0.6) is 0 Å². The molecule has 0 radical (unpaired) electrons. The van der Waals surface area contributed by atoms with E-state index in [1.165, 1.54) is 13.3 Å². The highest BCUT2D eigenvalue weighted by molar-refractivity contribution is 6.06. The molecule has 8 nitrogen and oxygen atoms in total. The molecule has 3 rings (SSSR count). The van der Waals surface area contributed by atoms with Crippen molar-refractivity contribution in [1.29, 1.82) is 0 Å². The van der Waals surface area contributed by atoms with Crippen LogP contribution in [-0.2, 0) is 9.53 Å². The number of nitrogens with two attached hydrogens (primary N) is 1. The lowest BCUT2D eigenvalue weighted by atomic mass is 10.0. The number of aromatic nitrogens is 2. The van der Waals surface area contributed by atoms with Gasteiger partial charge in [-0.05, 0) is 36.2 Å². The minimum atomic E-state index is -0.542. The molecule has 0 bridgehead atoms. The number of amides is 2. The van der Waals surface area contributed by atoms with Crippen molar-refractivity contribution in [2.45, 2.75) is 19.4 Å². The fraction of sp³-hybridized carbons (Fsp3) is 0.238. The third kappa shape index (κ3) is 4.85. The highest BCUT2D eigenvalue weighted by Gasteiger charge is 2.16. The summed E-state index contributed by atoms with van der Waals surface area (Å²) < 4.78 is 5.26. The molecule has 1 aromatic heterocycles. The number of primary amides is 1. The Kier molecular flexibility index (Phi) is 6.36. The van der Waals surface area contributed by atoms with E-state index in [0.717, 1.165) is 5.56 Å². The minimum absolute atomic E-state index is 0.135. The zero-order valence-electron chi connectivity index (χ0n) is 16.3. The maximum absolute atomic E-state index is 11.7. The monoisotopic (exact) mass is 393 g/mol. The number of para-hydroxylation sites is 1. The van der Waals surface area contributed by atoms with Crippen molar-refractivity contribution < 1.29 is 14.3 Å². The molecular formula is C21H23N5O3. The molecule has 0 aliphatic heterocycles. The normalized spacial score (nSPS) is 11.8. The van der Waals surface area contributed by atoms with Gasteiger partial charge in [-0.1, -0.05) is 18.2 Å². The molecule has 1 atom stereocenters. The number of carbonyl (C=O) groups is 2. The van der Waals surface area contributed by atoms with Crippen LogP contribution in [0, 0.1) is 0 Å². The maximum atomic E-state index is 11.7. The molecule has 0 saturated carbocycles. The van der Waals surface area contributed by atoms with Gasteiger partial charge in [-0.15, -0.1) is 0 Å². The van der Waals surface area contributed by atoms with Gasteiger partial charge in [-0.3, -0.25) is 9.59 Å². The molecule has 0 saturated heterocycles. The van der Waals surface area contributed by atoms with Gasteiger partial charge in [0.25, 0.3) is 5.91 Å². The van der Waals surface area contributed by atoms with E-state index < -0.39 is 5.91 Å². The molecule has 0 aliphatic carbocycles. The van der Waals surface area contributed by atoms with Gasteiger partial charge in [-0.2, -0.15) is 0 Å². The van der Waals surface area contributed by atoms with Crippen LogP contribution in [-0.4, -0.2) is 35.5 Å². The number of hydrogen-bond donors (Lipinski definition) is 3. The summed E-state index contributed by atoms with van der Waals surface area (Å²) in [6, 6.07) is 12.7. The fourth-order valence-electron chi connectivity index (χ4n) is 3.16. The summed E-state index contributed by atoms with van der Waals surface area (Å²) in [6.45, 7) is 1.99. The first-order chi connectivity index (χ1) is 14.0. The van der Waals surface area contributed by atoms with Gasteiger partial charge in [0, 0.05) is 31.7 Å². The van der Waals surface area contributed by atoms with Crippen LogP contribution >= 0.6 is 0 Å². The summed E-state index contributed by atoms with van der Waals surface area (Å²) in [6.07, 6.45) is 2.07. The van der Waals surface area contributed by atoms with Crippen LogP contribution in [0.25, 0.3) is 10.9 Å². The summed E-state index contributed by atoms with van der Waals surface area (Å²) in [7, 11) is 1.64. The number of rotatable bonds is 8. The van der Waals surface area contributed by atoms with E-state index in [0.29, 0.717) is 41.0 Å². The Balaban J connectivity index is 1.99. The molecule has 0 spiro atoms. The number of nitrogens with one attached hydrogen (secondary N) is 2. The second-order valence-corrected chi connectivity index (χ2v) is 6.57. The second-order valence-electron chi connectivity index (χ2n) is 6.57. The van der Waals surface area contributed by atoms with Crippen molar-refractivity contribution in [3.8, 4) is 0 Å². The van der Waals surface area contributed by atoms with E-state index in [4.69, 9.17) is 10.5 Å². The molecule has 3 aromatic rings. The minimum Gasteiger partial charge on any atom is -0.385 e. The van der Waals surface area contributed by atoms with E-state index >= 15 is 0 Å². The number of methoxy groups -OCH3 is 1. The highest BCUT2D eigenvalue weighted by atomic mass is 16.5. The van der Waals surface area contributed by atoms with Crippen LogP contribution in [0.4, 0.5) is 11.5 Å². The maximum Gasteiger partial charge on any atom is 0.250 e. The molecule has 150 valence electrons. The van der Waals surface area contributed by atoms with Crippen molar-refractivity contribution in [1.82, 2.24) is 9.97 Å². The summed E-state index contributed by atoms with van der Waals surface area (Å²) in [5.74, 6) is -0.0901. The summed E-state index contributed by atoms with van der Waals surface area (Å²) in [5.41, 5.74) is 7.99. The van der Waals surface area contributed by atoms with Crippen molar-refractivity contribution >= 4 is 34.2 Å². The van der Waals surface area contributed by atoms with E-state index in [1.807, 2.05) is 30.3 Å². The Hall–Kier alpha value is -3.52. The quantitative estimate of drug-likeness (QED) is 0.541. The highest BCUT2D eigenvalue weighted by Crippen LogP contribution is 2.28. The molecule has 29 heavy (non-hydrogen) atoms. The van der Waals surface area contributed by atoms with Gasteiger partial charge in [0.1, 0.15) is 12.1 Å². The summed E-state index contributed by atoms with van der Waals surface area (Å²) in [4.78, 5) is 31.7. The zero-order chi connectivity index (χ0) is 20.8. The van der Waals surface area contributed by atoms with Crippen LogP contribution < -0.4 is 16.4 Å². The number of ether oxygens (including phenoxy) is 1. The average molecular weight is 393 g/mol. The molecule has 8 heteroatoms. The van der Waals surface area contributed by atoms with Gasteiger partial charge >= 0.3 is 0 Å². The van der Waals surface area contributed by atoms with Gasteiger partial charge in [0.2, 0.25) is 5.91 Å². The smallest absolute Gasteiger partial charge is 0.250 e. The molecular weight excluding hydrogens is 370 g/mol. The van der Waals surface area contributed by atoms with Gasteiger partial charge in [0.15, 0.2) is 0 Å². The van der Waals surface area contributed by atoms with Crippen LogP contribution in [0.3, 0.4) is 0 Å². The lowest BCUT2D eigenvalue weighted by molar-refractivity contribution is -0.114. The molecule has 0 aliphatic rings. The standard InChI is InChI=1S/C21H23N5O3/c1-13(27)25-15-6-3-5-14(11-15)18(9-10-29-2)26-21-17-8-4-7-16(20(22)28)19(17)23-12-24-21/h3-8,11-12,18H,9-10H2,1-2H3,(H2,22,28)(H,25,27)(H,23,24,26). The number of nitrogens with zero attached hydrogens (tertiary/aromatic N) is 2. The van der Waals surface area contributed by atoms with Crippen LogP contribution in [0.15, 0.2) is 48.8 Å². The van der Waals surface area contributed by atoms with Crippen LogP contribution in [0.2, 0.25) is 0 Å². The van der Waals surface area contributed by atoms with E-state index in [-0.39, 0.29) is 11.9 Å². The average Bonchev–Trinajstić information content (AvgIpc) is 2.70. The first-order valence-corrected chi connectivity index (χ1v) is 9.16. The molecule has 1 unspecified atom stereocenters. The first-order valence-electron chi connectivity index (χ1n) is 9.16. The Labute approximate surface area is 168 Å². The Morgan fingerprint density at radius 3 is 2.69 bits per heavy atom. The second kappa shape index (κ2) is 9.11. The van der Waals surface area contributed by atoms with Crippen molar-refractivity contribution in [3.05, 3.63) is 59.9 Å². The van der Waals surface area contributed by atoms with Gasteiger partial charge < -0.3 is 21.1 Å². The topological polar surface area (TPSA) is 119 Å². The van der Waals surface area contributed by atoms with E-state index in [1.54, 1.807) is 19.2 Å². The van der Waals surface area contributed by atoms with Crippen molar-refractivity contribution in [3.63, 3.8) is 0 Å². The van der Waals surface area contributed by atoms with Crippen LogP contribution in [0.1, 0.15) is 35.3 Å². The van der Waals surface area contributed by atoms with Gasteiger partial charge in [0.05, 0.1) is 17.1 Å². The Bertz CT molecular complexity index is 1040. The summed E-state index contributed by atoms with van der Waals surface area (Å²) >= 11 is 0. The van der Waals surface area contributed by atoms with E-state index in [2.05, 4.69) is 20.6 Å². The molecule has 1 heterocycles.